The Morgan fingerprint density at radius 2 is 2.00 bits per heavy atom. The summed E-state index contributed by atoms with van der Waals surface area (Å²) in [5.74, 6) is 0. The number of aryl methyl sites for hydroxylation is 1. The average Bonchev–Trinajstić information content (AvgIpc) is 2.26. The number of nitrogens with two attached hydrogens (primary N) is 1. The van der Waals surface area contributed by atoms with E-state index in [-0.39, 0.29) is 0 Å². The fraction of sp³-hybridized carbons (Fsp3) is 0.417. The summed E-state index contributed by atoms with van der Waals surface area (Å²) in [5.41, 5.74) is 7.93. The fourth-order valence-electron chi connectivity index (χ4n) is 1.20. The molecular formula is C12H17BrN2. The maximum Gasteiger partial charge on any atom is 0.101 e. The summed E-state index contributed by atoms with van der Waals surface area (Å²) < 4.78 is 0.815. The topological polar surface area (TPSA) is 49.8 Å². The standard InChI is InChI=1S/C10H11BrN2.C2H6/c1-2-3-7-4-8(6-12)10(13)9(11)5-7;1-2/h4-5H,2-3,13H2,1H3;1-2H3. The summed E-state index contributed by atoms with van der Waals surface area (Å²) >= 11 is 3.33. The van der Waals surface area contributed by atoms with Gasteiger partial charge in [0.25, 0.3) is 0 Å². The molecule has 0 aliphatic heterocycles. The van der Waals surface area contributed by atoms with Crippen LogP contribution in [-0.2, 0) is 6.42 Å². The predicted octanol–water partition coefficient (Wildman–Crippen LogP) is 3.88. The quantitative estimate of drug-likeness (QED) is 0.828. The van der Waals surface area contributed by atoms with Crippen LogP contribution in [0.5, 0.6) is 0 Å². The number of halogens is 1. The number of nitrogen functional groups attached to an aromatic ring is 1. The van der Waals surface area contributed by atoms with Gasteiger partial charge >= 0.3 is 0 Å². The van der Waals surface area contributed by atoms with Crippen LogP contribution in [-0.4, -0.2) is 0 Å². The Morgan fingerprint density at radius 1 is 1.40 bits per heavy atom. The van der Waals surface area contributed by atoms with Crippen molar-refractivity contribution in [3.63, 3.8) is 0 Å². The molecule has 1 rings (SSSR count). The lowest BCUT2D eigenvalue weighted by molar-refractivity contribution is 0.920. The highest BCUT2D eigenvalue weighted by atomic mass is 79.9. The van der Waals surface area contributed by atoms with E-state index in [4.69, 9.17) is 11.0 Å². The van der Waals surface area contributed by atoms with Crippen molar-refractivity contribution in [2.24, 2.45) is 0 Å². The second-order valence-corrected chi connectivity index (χ2v) is 3.76. The molecule has 1 aromatic rings. The lowest BCUT2D eigenvalue weighted by Gasteiger charge is -2.04. The van der Waals surface area contributed by atoms with Gasteiger partial charge in [0.15, 0.2) is 0 Å². The fourth-order valence-corrected chi connectivity index (χ4v) is 1.71. The van der Waals surface area contributed by atoms with Gasteiger partial charge in [-0.2, -0.15) is 5.26 Å². The lowest BCUT2D eigenvalue weighted by Crippen LogP contribution is -1.94. The molecule has 0 aliphatic carbocycles. The summed E-state index contributed by atoms with van der Waals surface area (Å²) in [6.45, 7) is 6.11. The van der Waals surface area contributed by atoms with Crippen LogP contribution in [0.3, 0.4) is 0 Å². The molecule has 0 bridgehead atoms. The average molecular weight is 269 g/mol. The molecule has 0 aromatic heterocycles. The van der Waals surface area contributed by atoms with E-state index in [0.717, 1.165) is 22.9 Å². The molecule has 0 aliphatic rings. The zero-order chi connectivity index (χ0) is 11.8. The SMILES string of the molecule is CC.CCCc1cc(Br)c(N)c(C#N)c1. The lowest BCUT2D eigenvalue weighted by atomic mass is 10.1. The zero-order valence-corrected chi connectivity index (χ0v) is 11.1. The normalized spacial score (nSPS) is 8.73. The van der Waals surface area contributed by atoms with Crippen molar-refractivity contribution in [1.82, 2.24) is 0 Å². The highest BCUT2D eigenvalue weighted by Crippen LogP contribution is 2.25. The molecule has 2 nitrogen and oxygen atoms in total. The molecule has 82 valence electrons. The summed E-state index contributed by atoms with van der Waals surface area (Å²) in [6, 6.07) is 5.90. The smallest absolute Gasteiger partial charge is 0.101 e. The summed E-state index contributed by atoms with van der Waals surface area (Å²) in [5, 5.41) is 8.78. The van der Waals surface area contributed by atoms with E-state index in [1.165, 1.54) is 0 Å². The van der Waals surface area contributed by atoms with Gasteiger partial charge in [-0.05, 0) is 40.0 Å². The number of rotatable bonds is 2. The Labute approximate surface area is 100 Å². The molecule has 0 amide bonds. The van der Waals surface area contributed by atoms with Crippen molar-refractivity contribution in [3.8, 4) is 6.07 Å². The van der Waals surface area contributed by atoms with Gasteiger partial charge in [0, 0.05) is 4.47 Å². The van der Waals surface area contributed by atoms with Crippen LogP contribution in [0.2, 0.25) is 0 Å². The van der Waals surface area contributed by atoms with E-state index >= 15 is 0 Å². The summed E-state index contributed by atoms with van der Waals surface area (Å²) in [4.78, 5) is 0. The third-order valence-corrected chi connectivity index (χ3v) is 2.50. The molecule has 15 heavy (non-hydrogen) atoms. The molecule has 2 N–H and O–H groups in total. The van der Waals surface area contributed by atoms with Gasteiger partial charge in [0.05, 0.1) is 11.3 Å². The first kappa shape index (κ1) is 14.0. The molecule has 0 saturated heterocycles. The predicted molar refractivity (Wildman–Crippen MR) is 68.6 cm³/mol. The van der Waals surface area contributed by atoms with Crippen molar-refractivity contribution < 1.29 is 0 Å². The molecular weight excluding hydrogens is 252 g/mol. The van der Waals surface area contributed by atoms with Crippen molar-refractivity contribution in [1.29, 1.82) is 5.26 Å². The molecule has 1 aromatic carbocycles. The third-order valence-electron chi connectivity index (χ3n) is 1.85. The minimum absolute atomic E-state index is 0.530. The molecule has 0 heterocycles. The first-order valence-corrected chi connectivity index (χ1v) is 5.96. The van der Waals surface area contributed by atoms with Crippen molar-refractivity contribution in [2.45, 2.75) is 33.6 Å². The Hall–Kier alpha value is -1.01. The Balaban J connectivity index is 0.000000921. The second kappa shape index (κ2) is 7.30. The largest absolute Gasteiger partial charge is 0.397 e. The van der Waals surface area contributed by atoms with Gasteiger partial charge in [-0.3, -0.25) is 0 Å². The van der Waals surface area contributed by atoms with E-state index < -0.39 is 0 Å². The van der Waals surface area contributed by atoms with Crippen LogP contribution in [0.15, 0.2) is 16.6 Å². The maximum atomic E-state index is 8.78. The van der Waals surface area contributed by atoms with Gasteiger partial charge in [-0.15, -0.1) is 0 Å². The van der Waals surface area contributed by atoms with Crippen LogP contribution >= 0.6 is 15.9 Å². The summed E-state index contributed by atoms with van der Waals surface area (Å²) in [6.07, 6.45) is 2.05. The van der Waals surface area contributed by atoms with E-state index in [9.17, 15) is 0 Å². The molecule has 3 heteroatoms. The Morgan fingerprint density at radius 3 is 2.47 bits per heavy atom. The number of nitrogens with zero attached hydrogens (tertiary/aromatic N) is 1. The first-order chi connectivity index (χ1) is 7.19. The molecule has 0 unspecified atom stereocenters. The number of hydrogen-bond acceptors (Lipinski definition) is 2. The van der Waals surface area contributed by atoms with Crippen LogP contribution in [0, 0.1) is 11.3 Å². The molecule has 0 atom stereocenters. The van der Waals surface area contributed by atoms with E-state index in [0.29, 0.717) is 11.3 Å². The number of anilines is 1. The van der Waals surface area contributed by atoms with Gasteiger partial charge < -0.3 is 5.73 Å². The Bertz CT molecular complexity index is 353. The third kappa shape index (κ3) is 3.93. The number of hydrogen-bond donors (Lipinski definition) is 1. The molecule has 0 fully saturated rings. The van der Waals surface area contributed by atoms with Crippen LogP contribution in [0.25, 0.3) is 0 Å². The molecule has 0 spiro atoms. The van der Waals surface area contributed by atoms with E-state index in [1.807, 2.05) is 26.0 Å². The van der Waals surface area contributed by atoms with E-state index in [1.54, 1.807) is 0 Å². The van der Waals surface area contributed by atoms with Gasteiger partial charge in [0.1, 0.15) is 6.07 Å². The number of benzene rings is 1. The number of nitriles is 1. The van der Waals surface area contributed by atoms with Crippen LogP contribution in [0.4, 0.5) is 5.69 Å². The maximum absolute atomic E-state index is 8.78. The highest BCUT2D eigenvalue weighted by molar-refractivity contribution is 9.10. The minimum Gasteiger partial charge on any atom is -0.397 e. The van der Waals surface area contributed by atoms with Crippen molar-refractivity contribution in [2.75, 3.05) is 5.73 Å². The second-order valence-electron chi connectivity index (χ2n) is 2.90. The van der Waals surface area contributed by atoms with Crippen molar-refractivity contribution >= 4 is 21.6 Å². The van der Waals surface area contributed by atoms with Gasteiger partial charge in [-0.25, -0.2) is 0 Å². The van der Waals surface area contributed by atoms with Gasteiger partial charge in [-0.1, -0.05) is 27.2 Å². The monoisotopic (exact) mass is 268 g/mol. The highest BCUT2D eigenvalue weighted by Gasteiger charge is 2.04. The first-order valence-electron chi connectivity index (χ1n) is 5.17. The van der Waals surface area contributed by atoms with Crippen molar-refractivity contribution in [3.05, 3.63) is 27.7 Å². The molecule has 0 radical (unpaired) electrons. The van der Waals surface area contributed by atoms with E-state index in [2.05, 4.69) is 28.9 Å². The zero-order valence-electron chi connectivity index (χ0n) is 9.47. The van der Waals surface area contributed by atoms with Gasteiger partial charge in [0.2, 0.25) is 0 Å². The van der Waals surface area contributed by atoms with Crippen LogP contribution in [0.1, 0.15) is 38.3 Å². The minimum atomic E-state index is 0.530. The molecule has 0 saturated carbocycles. The van der Waals surface area contributed by atoms with Crippen LogP contribution < -0.4 is 5.73 Å². The Kier molecular flexibility index (Phi) is 6.81. The summed E-state index contributed by atoms with van der Waals surface area (Å²) in [7, 11) is 0.